The molecule has 1 aromatic heterocycles. The Morgan fingerprint density at radius 3 is 2.57 bits per heavy atom. The summed E-state index contributed by atoms with van der Waals surface area (Å²) < 4.78 is 23.0. The van der Waals surface area contributed by atoms with Crippen LogP contribution in [-0.2, 0) is 18.9 Å². The number of ether oxygens (including phenoxy) is 4. The predicted octanol–water partition coefficient (Wildman–Crippen LogP) is 1.79. The Hall–Kier alpha value is -1.44. The lowest BCUT2D eigenvalue weighted by Crippen LogP contribution is -2.25. The van der Waals surface area contributed by atoms with Crippen LogP contribution in [0, 0.1) is 0 Å². The Kier molecular flexibility index (Phi) is 7.01. The molecule has 23 heavy (non-hydrogen) atoms. The molecular weight excluding hydrogens is 300 g/mol. The van der Waals surface area contributed by atoms with Gasteiger partial charge in [-0.15, -0.1) is 0 Å². The summed E-state index contributed by atoms with van der Waals surface area (Å²) in [5.74, 6) is -0.0798. The maximum absolute atomic E-state index is 12.0. The van der Waals surface area contributed by atoms with Crippen molar-refractivity contribution in [2.75, 3.05) is 47.3 Å². The van der Waals surface area contributed by atoms with Gasteiger partial charge in [-0.3, -0.25) is 4.68 Å². The highest BCUT2D eigenvalue weighted by Gasteiger charge is 2.27. The van der Waals surface area contributed by atoms with E-state index < -0.39 is 5.97 Å². The summed E-state index contributed by atoms with van der Waals surface area (Å²) in [5, 5.41) is 4.48. The monoisotopic (exact) mass is 326 g/mol. The van der Waals surface area contributed by atoms with Crippen molar-refractivity contribution in [2.24, 2.45) is 0 Å². The van der Waals surface area contributed by atoms with Crippen LogP contribution in [0.2, 0.25) is 0 Å². The average molecular weight is 326 g/mol. The number of carbonyl (C=O) groups excluding carboxylic acids is 1. The highest BCUT2D eigenvalue weighted by atomic mass is 16.5. The number of rotatable bonds is 8. The highest BCUT2D eigenvalue weighted by molar-refractivity contribution is 5.87. The number of hydrogen-bond donors (Lipinski definition) is 0. The topological polar surface area (TPSA) is 71.8 Å². The molecule has 2 heterocycles. The Morgan fingerprint density at radius 2 is 2.00 bits per heavy atom. The van der Waals surface area contributed by atoms with Gasteiger partial charge >= 0.3 is 5.97 Å². The first-order chi connectivity index (χ1) is 11.2. The van der Waals surface area contributed by atoms with E-state index in [1.807, 2.05) is 10.7 Å². The number of nitrogens with zero attached hydrogens (tertiary/aromatic N) is 2. The smallest absolute Gasteiger partial charge is 0.358 e. The van der Waals surface area contributed by atoms with Crippen molar-refractivity contribution in [3.63, 3.8) is 0 Å². The van der Waals surface area contributed by atoms with Gasteiger partial charge in [0, 0.05) is 39.0 Å². The van der Waals surface area contributed by atoms with Crippen LogP contribution in [0.1, 0.15) is 47.9 Å². The van der Waals surface area contributed by atoms with Gasteiger partial charge in [-0.05, 0) is 25.8 Å². The second-order valence-corrected chi connectivity index (χ2v) is 5.57. The molecule has 0 aromatic carbocycles. The van der Waals surface area contributed by atoms with Crippen molar-refractivity contribution in [3.05, 3.63) is 17.5 Å². The molecule has 1 aliphatic heterocycles. The molecule has 7 heteroatoms. The number of methoxy groups -OCH3 is 2. The molecule has 0 bridgehead atoms. The first kappa shape index (κ1) is 17.9. The maximum Gasteiger partial charge on any atom is 0.358 e. The van der Waals surface area contributed by atoms with E-state index in [0.717, 1.165) is 31.7 Å². The van der Waals surface area contributed by atoms with E-state index in [1.165, 1.54) is 0 Å². The molecule has 0 radical (unpaired) electrons. The van der Waals surface area contributed by atoms with E-state index in [2.05, 4.69) is 5.10 Å². The molecule has 2 rings (SSSR count). The van der Waals surface area contributed by atoms with Gasteiger partial charge in [0.2, 0.25) is 0 Å². The molecule has 0 aliphatic carbocycles. The van der Waals surface area contributed by atoms with Gasteiger partial charge in [0.1, 0.15) is 0 Å². The van der Waals surface area contributed by atoms with Gasteiger partial charge in [-0.1, -0.05) is 0 Å². The third kappa shape index (κ3) is 4.53. The minimum atomic E-state index is -0.395. The summed E-state index contributed by atoms with van der Waals surface area (Å²) in [6.45, 7) is 4.50. The fourth-order valence-electron chi connectivity index (χ4n) is 2.88. The molecule has 0 N–H and O–H groups in total. The zero-order valence-electron chi connectivity index (χ0n) is 14.1. The third-order valence-corrected chi connectivity index (χ3v) is 3.95. The molecule has 0 atom stereocenters. The largest absolute Gasteiger partial charge is 0.461 e. The maximum atomic E-state index is 12.0. The zero-order valence-corrected chi connectivity index (χ0v) is 14.1. The summed E-state index contributed by atoms with van der Waals surface area (Å²) in [6, 6.07) is 1.76. The summed E-state index contributed by atoms with van der Waals surface area (Å²) in [4.78, 5) is 12.0. The van der Waals surface area contributed by atoms with E-state index in [0.29, 0.717) is 31.4 Å². The molecule has 1 saturated heterocycles. The molecule has 1 aromatic rings. The molecule has 1 aliphatic rings. The van der Waals surface area contributed by atoms with Crippen molar-refractivity contribution in [1.82, 2.24) is 9.78 Å². The van der Waals surface area contributed by atoms with E-state index in [-0.39, 0.29) is 6.04 Å². The van der Waals surface area contributed by atoms with Gasteiger partial charge in [-0.25, -0.2) is 4.79 Å². The average Bonchev–Trinajstić information content (AvgIpc) is 3.01. The molecule has 7 nitrogen and oxygen atoms in total. The summed E-state index contributed by atoms with van der Waals surface area (Å²) in [6.07, 6.45) is 1.83. The van der Waals surface area contributed by atoms with Crippen LogP contribution >= 0.6 is 0 Å². The lowest BCUT2D eigenvalue weighted by molar-refractivity contribution is 0.0512. The molecule has 0 spiro atoms. The molecular formula is C16H26N2O5. The summed E-state index contributed by atoms with van der Waals surface area (Å²) in [5.41, 5.74) is 1.36. The lowest BCUT2D eigenvalue weighted by Gasteiger charge is -2.26. The minimum Gasteiger partial charge on any atom is -0.461 e. The Bertz CT molecular complexity index is 491. The molecule has 1 fully saturated rings. The van der Waals surface area contributed by atoms with Gasteiger partial charge in [0.25, 0.3) is 0 Å². The predicted molar refractivity (Wildman–Crippen MR) is 83.8 cm³/mol. The molecule has 0 unspecified atom stereocenters. The van der Waals surface area contributed by atoms with Crippen molar-refractivity contribution in [2.45, 2.75) is 31.7 Å². The second kappa shape index (κ2) is 9.00. The third-order valence-electron chi connectivity index (χ3n) is 3.95. The van der Waals surface area contributed by atoms with Gasteiger partial charge in [0.15, 0.2) is 5.69 Å². The first-order valence-electron chi connectivity index (χ1n) is 8.03. The van der Waals surface area contributed by atoms with Crippen LogP contribution in [0.3, 0.4) is 0 Å². The van der Waals surface area contributed by atoms with Crippen molar-refractivity contribution >= 4 is 5.97 Å². The number of aromatic nitrogens is 2. The van der Waals surface area contributed by atoms with Crippen molar-refractivity contribution < 1.29 is 23.7 Å². The fraction of sp³-hybridized carbons (Fsp3) is 0.750. The quantitative estimate of drug-likeness (QED) is 0.678. The van der Waals surface area contributed by atoms with E-state index in [4.69, 9.17) is 18.9 Å². The van der Waals surface area contributed by atoms with Crippen LogP contribution in [-0.4, -0.2) is 63.0 Å². The Labute approximate surface area is 136 Å². The molecule has 130 valence electrons. The SMILES string of the molecule is CCOC(=O)c1cc(C2CCOCC2)n(C(COC)COC)n1. The van der Waals surface area contributed by atoms with Gasteiger partial charge in [-0.2, -0.15) is 5.10 Å². The van der Waals surface area contributed by atoms with Gasteiger partial charge in [0.05, 0.1) is 25.9 Å². The van der Waals surface area contributed by atoms with E-state index in [1.54, 1.807) is 21.1 Å². The van der Waals surface area contributed by atoms with Crippen molar-refractivity contribution in [1.29, 1.82) is 0 Å². The normalized spacial score (nSPS) is 16.0. The number of hydrogen-bond acceptors (Lipinski definition) is 6. The van der Waals surface area contributed by atoms with E-state index >= 15 is 0 Å². The summed E-state index contributed by atoms with van der Waals surface area (Å²) in [7, 11) is 3.29. The molecule has 0 saturated carbocycles. The van der Waals surface area contributed by atoms with Crippen LogP contribution in [0.5, 0.6) is 0 Å². The Morgan fingerprint density at radius 1 is 1.35 bits per heavy atom. The van der Waals surface area contributed by atoms with Gasteiger partial charge < -0.3 is 18.9 Å². The highest BCUT2D eigenvalue weighted by Crippen LogP contribution is 2.29. The van der Waals surface area contributed by atoms with Crippen LogP contribution in [0.25, 0.3) is 0 Å². The number of esters is 1. The van der Waals surface area contributed by atoms with E-state index in [9.17, 15) is 4.79 Å². The zero-order chi connectivity index (χ0) is 16.7. The first-order valence-corrected chi connectivity index (χ1v) is 8.03. The number of carbonyl (C=O) groups is 1. The minimum absolute atomic E-state index is 0.0778. The summed E-state index contributed by atoms with van der Waals surface area (Å²) >= 11 is 0. The second-order valence-electron chi connectivity index (χ2n) is 5.57. The Balaban J connectivity index is 2.33. The van der Waals surface area contributed by atoms with Crippen LogP contribution in [0.4, 0.5) is 0 Å². The molecule has 0 amide bonds. The van der Waals surface area contributed by atoms with Crippen molar-refractivity contribution in [3.8, 4) is 0 Å². The fourth-order valence-corrected chi connectivity index (χ4v) is 2.88. The lowest BCUT2D eigenvalue weighted by atomic mass is 9.96. The standard InChI is InChI=1S/C16H26N2O5/c1-4-23-16(19)14-9-15(12-5-7-22-8-6-12)18(17-14)13(10-20-2)11-21-3/h9,12-13H,4-8,10-11H2,1-3H3. The van der Waals surface area contributed by atoms with Crippen LogP contribution < -0.4 is 0 Å². The van der Waals surface area contributed by atoms with Crippen LogP contribution in [0.15, 0.2) is 6.07 Å².